The van der Waals surface area contributed by atoms with E-state index in [1.165, 1.54) is 5.56 Å². The Morgan fingerprint density at radius 3 is 2.58 bits per heavy atom. The third-order valence-electron chi connectivity index (χ3n) is 3.65. The molecule has 2 rings (SSSR count). The van der Waals surface area contributed by atoms with Crippen LogP contribution in [0, 0.1) is 13.8 Å². The SMILES string of the molecule is Cc1ccc(OCNC(=O)N(CCO)Cc2ccccc2)c(C)c1. The number of nitrogens with one attached hydrogen (secondary N) is 1. The predicted octanol–water partition coefficient (Wildman–Crippen LogP) is 2.84. The average molecular weight is 328 g/mol. The number of aliphatic hydroxyl groups excluding tert-OH is 1. The van der Waals surface area contributed by atoms with Gasteiger partial charge in [0, 0.05) is 13.1 Å². The van der Waals surface area contributed by atoms with Crippen LogP contribution in [-0.2, 0) is 6.54 Å². The zero-order chi connectivity index (χ0) is 17.4. The van der Waals surface area contributed by atoms with Gasteiger partial charge in [0.2, 0.25) is 0 Å². The molecule has 0 heterocycles. The van der Waals surface area contributed by atoms with E-state index in [0.717, 1.165) is 16.9 Å². The first-order valence-electron chi connectivity index (χ1n) is 7.98. The second-order valence-corrected chi connectivity index (χ2v) is 5.67. The number of carbonyl (C=O) groups excluding carboxylic acids is 1. The zero-order valence-electron chi connectivity index (χ0n) is 14.2. The van der Waals surface area contributed by atoms with Crippen molar-refractivity contribution in [2.45, 2.75) is 20.4 Å². The standard InChI is InChI=1S/C19H24N2O3/c1-15-8-9-18(16(2)12-15)24-14-20-19(23)21(10-11-22)13-17-6-4-3-5-7-17/h3-9,12,22H,10-11,13-14H2,1-2H3,(H,20,23). The van der Waals surface area contributed by atoms with Crippen molar-refractivity contribution in [3.8, 4) is 5.75 Å². The van der Waals surface area contributed by atoms with E-state index in [4.69, 9.17) is 4.74 Å². The van der Waals surface area contributed by atoms with Crippen molar-refractivity contribution in [3.63, 3.8) is 0 Å². The highest BCUT2D eigenvalue weighted by Crippen LogP contribution is 2.18. The van der Waals surface area contributed by atoms with Gasteiger partial charge < -0.3 is 20.1 Å². The van der Waals surface area contributed by atoms with Crippen molar-refractivity contribution in [1.29, 1.82) is 0 Å². The maximum absolute atomic E-state index is 12.3. The summed E-state index contributed by atoms with van der Waals surface area (Å²) in [6.07, 6.45) is 0. The lowest BCUT2D eigenvalue weighted by Crippen LogP contribution is -2.42. The van der Waals surface area contributed by atoms with Crippen LogP contribution in [0.2, 0.25) is 0 Å². The Morgan fingerprint density at radius 2 is 1.92 bits per heavy atom. The van der Waals surface area contributed by atoms with Gasteiger partial charge in [-0.05, 0) is 31.0 Å². The van der Waals surface area contributed by atoms with Gasteiger partial charge in [-0.15, -0.1) is 0 Å². The minimum Gasteiger partial charge on any atom is -0.473 e. The van der Waals surface area contributed by atoms with Gasteiger partial charge in [-0.1, -0.05) is 48.0 Å². The third-order valence-corrected chi connectivity index (χ3v) is 3.65. The highest BCUT2D eigenvalue weighted by atomic mass is 16.5. The fourth-order valence-electron chi connectivity index (χ4n) is 2.43. The van der Waals surface area contributed by atoms with E-state index in [2.05, 4.69) is 5.32 Å². The molecule has 0 saturated carbocycles. The number of amides is 2. The lowest BCUT2D eigenvalue weighted by atomic mass is 10.1. The Bertz CT molecular complexity index is 659. The number of aryl methyl sites for hydroxylation is 2. The molecule has 5 heteroatoms. The van der Waals surface area contributed by atoms with Crippen molar-refractivity contribution in [2.24, 2.45) is 0 Å². The summed E-state index contributed by atoms with van der Waals surface area (Å²) < 4.78 is 5.62. The van der Waals surface area contributed by atoms with Gasteiger partial charge in [0.25, 0.3) is 0 Å². The van der Waals surface area contributed by atoms with Crippen molar-refractivity contribution in [2.75, 3.05) is 19.9 Å². The Hall–Kier alpha value is -2.53. The molecule has 2 aromatic carbocycles. The molecule has 2 aromatic rings. The molecule has 0 bridgehead atoms. The third kappa shape index (κ3) is 5.28. The van der Waals surface area contributed by atoms with E-state index in [0.29, 0.717) is 6.54 Å². The highest BCUT2D eigenvalue weighted by molar-refractivity contribution is 5.74. The Kier molecular flexibility index (Phi) is 6.63. The fraction of sp³-hybridized carbons (Fsp3) is 0.316. The molecule has 0 fully saturated rings. The summed E-state index contributed by atoms with van der Waals surface area (Å²) in [4.78, 5) is 13.8. The van der Waals surface area contributed by atoms with E-state index < -0.39 is 0 Å². The van der Waals surface area contributed by atoms with Crippen molar-refractivity contribution in [1.82, 2.24) is 10.2 Å². The van der Waals surface area contributed by atoms with Crippen LogP contribution in [0.3, 0.4) is 0 Å². The van der Waals surface area contributed by atoms with E-state index in [9.17, 15) is 9.90 Å². The number of nitrogens with zero attached hydrogens (tertiary/aromatic N) is 1. The number of carbonyl (C=O) groups is 1. The van der Waals surface area contributed by atoms with Crippen molar-refractivity contribution >= 4 is 6.03 Å². The van der Waals surface area contributed by atoms with Gasteiger partial charge in [0.1, 0.15) is 5.75 Å². The summed E-state index contributed by atoms with van der Waals surface area (Å²) >= 11 is 0. The van der Waals surface area contributed by atoms with Crippen LogP contribution in [-0.4, -0.2) is 35.9 Å². The molecule has 0 aliphatic carbocycles. The molecule has 0 aliphatic rings. The first kappa shape index (κ1) is 17.8. The maximum Gasteiger partial charge on any atom is 0.320 e. The number of aliphatic hydroxyl groups is 1. The summed E-state index contributed by atoms with van der Waals surface area (Å²) in [6.45, 7) is 4.70. The Labute approximate surface area is 142 Å². The summed E-state index contributed by atoms with van der Waals surface area (Å²) in [5.41, 5.74) is 3.21. The highest BCUT2D eigenvalue weighted by Gasteiger charge is 2.13. The van der Waals surface area contributed by atoms with Crippen LogP contribution in [0.1, 0.15) is 16.7 Å². The lowest BCUT2D eigenvalue weighted by molar-refractivity contribution is 0.164. The van der Waals surface area contributed by atoms with Crippen LogP contribution in [0.4, 0.5) is 4.79 Å². The molecule has 0 aromatic heterocycles. The van der Waals surface area contributed by atoms with Crippen LogP contribution in [0.5, 0.6) is 5.75 Å². The van der Waals surface area contributed by atoms with Crippen LogP contribution >= 0.6 is 0 Å². The number of hydrogen-bond acceptors (Lipinski definition) is 3. The van der Waals surface area contributed by atoms with E-state index in [-0.39, 0.29) is 25.9 Å². The smallest absolute Gasteiger partial charge is 0.320 e. The van der Waals surface area contributed by atoms with Gasteiger partial charge in [0.15, 0.2) is 6.73 Å². The molecular formula is C19H24N2O3. The minimum atomic E-state index is -0.266. The van der Waals surface area contributed by atoms with Gasteiger partial charge in [-0.2, -0.15) is 0 Å². The monoisotopic (exact) mass is 328 g/mol. The summed E-state index contributed by atoms with van der Waals surface area (Å²) in [5.74, 6) is 0.748. The summed E-state index contributed by atoms with van der Waals surface area (Å²) in [5, 5.41) is 11.9. The second kappa shape index (κ2) is 8.93. The van der Waals surface area contributed by atoms with Crippen LogP contribution in [0.15, 0.2) is 48.5 Å². The van der Waals surface area contributed by atoms with Crippen LogP contribution < -0.4 is 10.1 Å². The predicted molar refractivity (Wildman–Crippen MR) is 93.9 cm³/mol. The number of hydrogen-bond donors (Lipinski definition) is 2. The number of rotatable bonds is 7. The molecular weight excluding hydrogens is 304 g/mol. The normalized spacial score (nSPS) is 10.3. The second-order valence-electron chi connectivity index (χ2n) is 5.67. The molecule has 5 nitrogen and oxygen atoms in total. The molecule has 0 aliphatic heterocycles. The summed E-state index contributed by atoms with van der Waals surface area (Å²) in [7, 11) is 0. The van der Waals surface area contributed by atoms with Gasteiger partial charge in [-0.3, -0.25) is 0 Å². The topological polar surface area (TPSA) is 61.8 Å². The molecule has 0 unspecified atom stereocenters. The van der Waals surface area contributed by atoms with Crippen molar-refractivity contribution in [3.05, 3.63) is 65.2 Å². The quantitative estimate of drug-likeness (QED) is 0.768. The molecule has 0 saturated heterocycles. The largest absolute Gasteiger partial charge is 0.473 e. The van der Waals surface area contributed by atoms with E-state index >= 15 is 0 Å². The fourth-order valence-corrected chi connectivity index (χ4v) is 2.43. The Morgan fingerprint density at radius 1 is 1.17 bits per heavy atom. The van der Waals surface area contributed by atoms with Gasteiger partial charge in [-0.25, -0.2) is 4.79 Å². The molecule has 0 atom stereocenters. The number of urea groups is 1. The molecule has 24 heavy (non-hydrogen) atoms. The molecule has 2 amide bonds. The number of ether oxygens (including phenoxy) is 1. The van der Waals surface area contributed by atoms with Gasteiger partial charge in [0.05, 0.1) is 6.61 Å². The summed E-state index contributed by atoms with van der Waals surface area (Å²) in [6, 6.07) is 15.3. The van der Waals surface area contributed by atoms with E-state index in [1.807, 2.05) is 62.4 Å². The average Bonchev–Trinajstić information content (AvgIpc) is 2.57. The number of benzene rings is 2. The zero-order valence-corrected chi connectivity index (χ0v) is 14.2. The molecule has 0 radical (unpaired) electrons. The first-order chi connectivity index (χ1) is 11.6. The lowest BCUT2D eigenvalue weighted by Gasteiger charge is -2.22. The van der Waals surface area contributed by atoms with E-state index in [1.54, 1.807) is 4.90 Å². The first-order valence-corrected chi connectivity index (χ1v) is 7.98. The van der Waals surface area contributed by atoms with Crippen LogP contribution in [0.25, 0.3) is 0 Å². The van der Waals surface area contributed by atoms with Gasteiger partial charge >= 0.3 is 6.03 Å². The molecule has 0 spiro atoms. The molecule has 2 N–H and O–H groups in total. The Balaban J connectivity index is 1.88. The van der Waals surface area contributed by atoms with Crippen molar-refractivity contribution < 1.29 is 14.6 Å². The maximum atomic E-state index is 12.3. The minimum absolute atomic E-state index is 0.0828. The molecule has 128 valence electrons.